The average molecular weight is 1310 g/mol. The van der Waals surface area contributed by atoms with Crippen molar-refractivity contribution in [3.8, 4) is 50.2 Å². The predicted molar refractivity (Wildman–Crippen MR) is 432 cm³/mol. The first-order valence-electron chi connectivity index (χ1n) is 35.5. The number of aromatic nitrogens is 1. The number of nitrogens with zero attached hydrogens (tertiary/aromatic N) is 3. The monoisotopic (exact) mass is 1310 g/mol. The highest BCUT2D eigenvalue weighted by Crippen LogP contribution is 2.57. The Morgan fingerprint density at radius 2 is 0.740 bits per heavy atom. The van der Waals surface area contributed by atoms with Gasteiger partial charge in [-0.25, -0.2) is 0 Å². The normalized spacial score (nSPS) is 13.3. The summed E-state index contributed by atoms with van der Waals surface area (Å²) >= 11 is 1.90. The zero-order chi connectivity index (χ0) is 68.5. The number of fused-ring (bicyclic) bond motifs is 14. The van der Waals surface area contributed by atoms with Crippen LogP contribution in [0.25, 0.3) is 114 Å². The molecule has 2 aliphatic heterocycles. The molecule has 0 amide bonds. The second-order valence-electron chi connectivity index (χ2n) is 32.1. The van der Waals surface area contributed by atoms with Gasteiger partial charge < -0.3 is 18.8 Å². The fourth-order valence-corrected chi connectivity index (χ4v) is 17.5. The third-order valence-corrected chi connectivity index (χ3v) is 22.7. The lowest BCUT2D eigenvalue weighted by molar-refractivity contribution is 0.590. The first-order valence-corrected chi connectivity index (χ1v) is 36.3. The number of hydrogen-bond acceptors (Lipinski definition) is 4. The van der Waals surface area contributed by atoms with Gasteiger partial charge in [0.05, 0.1) is 28.1 Å². The molecule has 6 heteroatoms. The Morgan fingerprint density at radius 1 is 0.310 bits per heavy atom. The van der Waals surface area contributed by atoms with Crippen LogP contribution in [0.3, 0.4) is 0 Å². The second-order valence-corrected chi connectivity index (χ2v) is 33.2. The van der Waals surface area contributed by atoms with Crippen molar-refractivity contribution in [3.05, 3.63) is 289 Å². The van der Waals surface area contributed by atoms with Gasteiger partial charge in [0.15, 0.2) is 5.58 Å². The molecule has 0 atom stereocenters. The van der Waals surface area contributed by atoms with Crippen molar-refractivity contribution < 1.29 is 4.42 Å². The van der Waals surface area contributed by atoms with E-state index in [0.717, 1.165) is 95.1 Å². The van der Waals surface area contributed by atoms with E-state index in [4.69, 9.17) is 4.42 Å². The molecule has 16 aromatic rings. The van der Waals surface area contributed by atoms with Gasteiger partial charge in [-0.15, -0.1) is 11.3 Å². The molecule has 4 nitrogen and oxygen atoms in total. The summed E-state index contributed by atoms with van der Waals surface area (Å²) in [6, 6.07) is 102. The van der Waals surface area contributed by atoms with Crippen molar-refractivity contribution in [3.63, 3.8) is 0 Å². The number of furan rings is 1. The number of rotatable bonds is 7. The van der Waals surface area contributed by atoms with Crippen LogP contribution in [0.2, 0.25) is 0 Å². The van der Waals surface area contributed by atoms with E-state index in [1.807, 2.05) is 11.3 Å². The maximum Gasteiger partial charge on any atom is 0.252 e. The molecule has 0 fully saturated rings. The molecular weight excluding hydrogens is 1230 g/mol. The van der Waals surface area contributed by atoms with Gasteiger partial charge in [0.2, 0.25) is 0 Å². The molecule has 0 saturated carbocycles. The van der Waals surface area contributed by atoms with Crippen LogP contribution in [0.15, 0.2) is 271 Å². The first-order chi connectivity index (χ1) is 48.1. The summed E-state index contributed by atoms with van der Waals surface area (Å²) in [6.07, 6.45) is 0. The zero-order valence-electron chi connectivity index (χ0n) is 59.1. The first kappa shape index (κ1) is 61.7. The highest BCUT2D eigenvalue weighted by atomic mass is 32.1. The predicted octanol–water partition coefficient (Wildman–Crippen LogP) is 25.0. The molecule has 18 rings (SSSR count). The lowest BCUT2D eigenvalue weighted by atomic mass is 9.33. The van der Waals surface area contributed by atoms with Gasteiger partial charge in [0.1, 0.15) is 5.58 Å². The standard InChI is InChI=1S/C94H80BN3OS/c1-91(2,3)61-31-21-27-57(49-61)66-39-25-40-67(58-28-22-32-62(50-58)92(4,5)6)87(66)97-81-54-74-73-38-16-20-46-84(73)100-85(74)56-77(81)95-76-53-65(96-78-43-17-13-35-70(78)71-36-14-18-44-79(71)96)47-48-80(76)98(89-86(95)82(97)55-75-72-37-15-19-45-83(72)99-90(75)89)88-68(59-29-23-33-63(51-59)93(7,8)9)41-26-42-69(88)60-30-24-34-64(52-60)94(10,11)12/h13-56H,1-12H3. The van der Waals surface area contributed by atoms with Crippen molar-refractivity contribution in [2.75, 3.05) is 9.80 Å². The van der Waals surface area contributed by atoms with Crippen LogP contribution in [0.4, 0.5) is 34.1 Å². The summed E-state index contributed by atoms with van der Waals surface area (Å²) in [6.45, 7) is 27.6. The topological polar surface area (TPSA) is 24.6 Å². The third-order valence-electron chi connectivity index (χ3n) is 21.6. The molecular formula is C94H80BN3OS. The van der Waals surface area contributed by atoms with Crippen LogP contribution in [-0.4, -0.2) is 11.3 Å². The molecule has 0 radical (unpaired) electrons. The summed E-state index contributed by atoms with van der Waals surface area (Å²) in [7, 11) is 0. The maximum absolute atomic E-state index is 7.74. The van der Waals surface area contributed by atoms with Crippen molar-refractivity contribution >= 4 is 132 Å². The Bertz CT molecular complexity index is 5860. The lowest BCUT2D eigenvalue weighted by Gasteiger charge is -2.45. The molecule has 0 unspecified atom stereocenters. The highest BCUT2D eigenvalue weighted by molar-refractivity contribution is 7.26. The zero-order valence-corrected chi connectivity index (χ0v) is 60.0. The van der Waals surface area contributed by atoms with E-state index < -0.39 is 0 Å². The molecule has 0 saturated heterocycles. The molecule has 3 aromatic heterocycles. The largest absolute Gasteiger partial charge is 0.454 e. The Labute approximate surface area is 591 Å². The summed E-state index contributed by atoms with van der Waals surface area (Å²) < 4.78 is 12.8. The summed E-state index contributed by atoms with van der Waals surface area (Å²) in [5, 5.41) is 7.09. The molecule has 0 aliphatic carbocycles. The molecule has 0 N–H and O–H groups in total. The number of anilines is 6. The van der Waals surface area contributed by atoms with E-state index in [9.17, 15) is 0 Å². The minimum atomic E-state index is -0.309. The third kappa shape index (κ3) is 9.76. The Kier molecular flexibility index (Phi) is 13.8. The van der Waals surface area contributed by atoms with Crippen molar-refractivity contribution in [1.82, 2.24) is 4.57 Å². The van der Waals surface area contributed by atoms with Crippen LogP contribution in [0.5, 0.6) is 0 Å². The van der Waals surface area contributed by atoms with Crippen LogP contribution < -0.4 is 26.2 Å². The fourth-order valence-electron chi connectivity index (χ4n) is 16.4. The van der Waals surface area contributed by atoms with Crippen molar-refractivity contribution in [2.24, 2.45) is 0 Å². The van der Waals surface area contributed by atoms with E-state index >= 15 is 0 Å². The van der Waals surface area contributed by atoms with E-state index in [2.05, 4.69) is 364 Å². The van der Waals surface area contributed by atoms with Crippen LogP contribution in [-0.2, 0) is 21.7 Å². The second kappa shape index (κ2) is 22.4. The number of para-hydroxylation sites is 5. The molecule has 0 spiro atoms. The lowest BCUT2D eigenvalue weighted by Crippen LogP contribution is -2.61. The molecule has 486 valence electrons. The molecule has 5 heterocycles. The van der Waals surface area contributed by atoms with Crippen LogP contribution in [0, 0.1) is 0 Å². The highest BCUT2D eigenvalue weighted by Gasteiger charge is 2.48. The van der Waals surface area contributed by atoms with Crippen molar-refractivity contribution in [1.29, 1.82) is 0 Å². The summed E-state index contributed by atoms with van der Waals surface area (Å²) in [4.78, 5) is 5.40. The average Bonchev–Trinajstić information content (AvgIpc) is 1.09. The molecule has 13 aromatic carbocycles. The van der Waals surface area contributed by atoms with E-state index in [1.165, 1.54) is 91.7 Å². The van der Waals surface area contributed by atoms with Gasteiger partial charge in [-0.3, -0.25) is 0 Å². The van der Waals surface area contributed by atoms with Crippen molar-refractivity contribution in [2.45, 2.75) is 105 Å². The Morgan fingerprint density at radius 3 is 1.25 bits per heavy atom. The number of benzene rings is 13. The van der Waals surface area contributed by atoms with Gasteiger partial charge in [-0.2, -0.15) is 0 Å². The summed E-state index contributed by atoms with van der Waals surface area (Å²) in [5.74, 6) is 0. The van der Waals surface area contributed by atoms with E-state index in [-0.39, 0.29) is 28.4 Å². The number of thiophene rings is 1. The van der Waals surface area contributed by atoms with Gasteiger partial charge in [0.25, 0.3) is 6.71 Å². The quantitative estimate of drug-likeness (QED) is 0.149. The smallest absolute Gasteiger partial charge is 0.252 e. The van der Waals surface area contributed by atoms with Gasteiger partial charge in [-0.05, 0) is 143 Å². The Hall–Kier alpha value is -10.7. The Balaban J connectivity index is 1.06. The number of hydrogen-bond donors (Lipinski definition) is 0. The molecule has 2 aliphatic rings. The van der Waals surface area contributed by atoms with E-state index in [1.54, 1.807) is 0 Å². The van der Waals surface area contributed by atoms with Crippen LogP contribution >= 0.6 is 11.3 Å². The summed E-state index contributed by atoms with van der Waals surface area (Å²) in [5.41, 5.74) is 29.3. The minimum Gasteiger partial charge on any atom is -0.454 e. The van der Waals surface area contributed by atoms with Gasteiger partial charge >= 0.3 is 0 Å². The van der Waals surface area contributed by atoms with E-state index in [0.29, 0.717) is 0 Å². The fraction of sp³-hybridized carbons (Fsp3) is 0.170. The van der Waals surface area contributed by atoms with Gasteiger partial charge in [-0.1, -0.05) is 289 Å². The SMILES string of the molecule is CC(C)(C)c1cccc(-c2cccc(-c3cccc(C(C)(C)C)c3)c2N2c3cc4c(cc3B3c5cc(-n6c7ccccc7c7ccccc76)ccc5N(c5c(-c6cccc(C(C)(C)C)c6)cccc5-c5cccc(C(C)(C)C)c5)c5c3c2cc2c5oc3ccccc32)sc2ccccc24)c1. The molecule has 0 bridgehead atoms. The maximum atomic E-state index is 7.74. The van der Waals surface area contributed by atoms with Gasteiger partial charge in [0, 0.05) is 86.7 Å². The molecule has 100 heavy (non-hydrogen) atoms. The van der Waals surface area contributed by atoms with Crippen LogP contribution in [0.1, 0.15) is 105 Å². The minimum absolute atomic E-state index is 0.107.